The fourth-order valence-electron chi connectivity index (χ4n) is 7.56. The second kappa shape index (κ2) is 18.8. The fourth-order valence-corrected chi connectivity index (χ4v) is 8.92. The van der Waals surface area contributed by atoms with Crippen LogP contribution in [0, 0.1) is 5.82 Å². The summed E-state index contributed by atoms with van der Waals surface area (Å²) in [6, 6.07) is 21.0. The largest absolute Gasteiger partial charge is 0.506 e. The van der Waals surface area contributed by atoms with Crippen molar-refractivity contribution in [3.05, 3.63) is 120 Å². The summed E-state index contributed by atoms with van der Waals surface area (Å²) in [7, 11) is 0. The number of piperazine rings is 1. The molecule has 7 aromatic rings. The Morgan fingerprint density at radius 1 is 0.954 bits per heavy atom. The maximum Gasteiger partial charge on any atom is 0.345 e. The standard InChI is InChI=1S/C45H37ClF2N6O10S/c46-38-34-12-10-30(39(38)55)36-37-43(50-23-51-44(37)65-40(36)24-5-7-26(47)8-6-24)63-35(45(56)57)20-25-19-27(60-22-28(61-34)21-53-15-17-54(58)18-16-53)9-11-32(25)62-41(48)31-13-14-49-42(52-31)29-3-1-2-4-33(29)64-59/h1-14,19,23,28,35,41,55,58-59H,15-18,20-22H2,(H,56,57)/t28-,35-,41?/m1/s1. The van der Waals surface area contributed by atoms with Crippen LogP contribution in [0.4, 0.5) is 8.78 Å². The minimum atomic E-state index is -2.20. The number of aromatic hydroxyl groups is 1. The van der Waals surface area contributed by atoms with Gasteiger partial charge in [0.05, 0.1) is 10.9 Å². The third-order valence-electron chi connectivity index (χ3n) is 10.8. The zero-order valence-corrected chi connectivity index (χ0v) is 35.5. The summed E-state index contributed by atoms with van der Waals surface area (Å²) in [5.41, 5.74) is 1.35. The number of carbonyl (C=O) groups is 1. The molecule has 0 aliphatic carbocycles. The van der Waals surface area contributed by atoms with Gasteiger partial charge in [-0.15, -0.1) is 11.3 Å². The van der Waals surface area contributed by atoms with E-state index in [0.717, 1.165) is 0 Å². The van der Waals surface area contributed by atoms with Crippen LogP contribution >= 0.6 is 22.9 Å². The summed E-state index contributed by atoms with van der Waals surface area (Å²) in [4.78, 5) is 37.9. The molecule has 0 spiro atoms. The van der Waals surface area contributed by atoms with Crippen LogP contribution in [0.3, 0.4) is 0 Å². The molecule has 0 radical (unpaired) electrons. The Kier molecular flexibility index (Phi) is 12.6. The maximum absolute atomic E-state index is 16.3. The fraction of sp³-hybridized carbons (Fsp3) is 0.222. The molecule has 65 heavy (non-hydrogen) atoms. The summed E-state index contributed by atoms with van der Waals surface area (Å²) in [5.74, 6) is -2.02. The third-order valence-corrected chi connectivity index (χ3v) is 12.3. The van der Waals surface area contributed by atoms with Gasteiger partial charge >= 0.3 is 5.97 Å². The highest BCUT2D eigenvalue weighted by Gasteiger charge is 2.31. The van der Waals surface area contributed by atoms with E-state index in [9.17, 15) is 29.9 Å². The van der Waals surface area contributed by atoms with E-state index < -0.39 is 36.8 Å². The van der Waals surface area contributed by atoms with E-state index in [1.54, 1.807) is 42.5 Å². The van der Waals surface area contributed by atoms with Gasteiger partial charge in [-0.2, -0.15) is 9.45 Å². The van der Waals surface area contributed by atoms with Crippen LogP contribution in [-0.2, 0) is 11.2 Å². The van der Waals surface area contributed by atoms with Crippen LogP contribution in [0.2, 0.25) is 5.02 Å². The molecule has 1 saturated heterocycles. The molecule has 3 aliphatic rings. The Morgan fingerprint density at radius 2 is 1.75 bits per heavy atom. The van der Waals surface area contributed by atoms with E-state index in [2.05, 4.69) is 29.7 Å². The Labute approximate surface area is 377 Å². The molecule has 6 heterocycles. The molecule has 4 bridgehead atoms. The number of phenolic OH excluding ortho intramolecular Hbond substituents is 1. The van der Waals surface area contributed by atoms with Crippen molar-refractivity contribution in [1.82, 2.24) is 29.9 Å². The number of ether oxygens (including phenoxy) is 4. The van der Waals surface area contributed by atoms with Gasteiger partial charge in [0.1, 0.15) is 63.4 Å². The number of hydroxylamine groups is 2. The summed E-state index contributed by atoms with van der Waals surface area (Å²) < 4.78 is 55.4. The number of rotatable bonds is 9. The van der Waals surface area contributed by atoms with E-state index >= 15 is 4.39 Å². The van der Waals surface area contributed by atoms with E-state index in [1.807, 2.05) is 0 Å². The van der Waals surface area contributed by atoms with E-state index in [4.69, 9.17) is 30.5 Å². The third kappa shape index (κ3) is 9.28. The first-order valence-electron chi connectivity index (χ1n) is 20.1. The first-order chi connectivity index (χ1) is 31.5. The van der Waals surface area contributed by atoms with Gasteiger partial charge in [-0.3, -0.25) is 4.90 Å². The number of phenols is 1. The maximum atomic E-state index is 16.3. The summed E-state index contributed by atoms with van der Waals surface area (Å²) >= 11 is 8.09. The monoisotopic (exact) mass is 926 g/mol. The summed E-state index contributed by atoms with van der Waals surface area (Å²) in [5, 5.41) is 43.3. The van der Waals surface area contributed by atoms with Gasteiger partial charge in [0.25, 0.3) is 6.36 Å². The van der Waals surface area contributed by atoms with Crippen LogP contribution in [-0.4, -0.2) is 108 Å². The number of carboxylic acid groups (broad SMARTS) is 1. The topological polar surface area (TPSA) is 202 Å². The predicted octanol–water partition coefficient (Wildman–Crippen LogP) is 8.10. The summed E-state index contributed by atoms with van der Waals surface area (Å²) in [6.07, 6.45) is -2.48. The zero-order valence-electron chi connectivity index (χ0n) is 33.9. The van der Waals surface area contributed by atoms with Crippen molar-refractivity contribution in [2.45, 2.75) is 25.0 Å². The Balaban J connectivity index is 1.15. The van der Waals surface area contributed by atoms with Crippen molar-refractivity contribution < 1.29 is 58.1 Å². The van der Waals surface area contributed by atoms with Gasteiger partial charge in [-0.05, 0) is 66.2 Å². The van der Waals surface area contributed by atoms with Gasteiger partial charge in [-0.25, -0.2) is 34.4 Å². The molecule has 3 aromatic heterocycles. The highest BCUT2D eigenvalue weighted by molar-refractivity contribution is 7.22. The summed E-state index contributed by atoms with van der Waals surface area (Å²) in [6.45, 7) is 2.07. The van der Waals surface area contributed by atoms with Gasteiger partial charge in [0, 0.05) is 66.9 Å². The number of hydrogen-bond acceptors (Lipinski definition) is 16. The number of fused-ring (bicyclic) bond motifs is 7. The number of aliphatic carboxylic acids is 1. The molecule has 1 fully saturated rings. The van der Waals surface area contributed by atoms with Crippen LogP contribution in [0.25, 0.3) is 43.2 Å². The molecule has 4 N–H and O–H groups in total. The number of nitrogens with zero attached hydrogens (tertiary/aromatic N) is 6. The lowest BCUT2D eigenvalue weighted by Crippen LogP contribution is -2.49. The Bertz CT molecular complexity index is 2870. The first kappa shape index (κ1) is 43.5. The van der Waals surface area contributed by atoms with E-state index in [0.29, 0.717) is 53.6 Å². The minimum absolute atomic E-state index is 0.0389. The second-order valence-corrected chi connectivity index (χ2v) is 16.4. The van der Waals surface area contributed by atoms with Gasteiger partial charge in [0.2, 0.25) is 12.0 Å². The van der Waals surface area contributed by atoms with Crippen LogP contribution in [0.15, 0.2) is 97.5 Å². The molecule has 20 heteroatoms. The minimum Gasteiger partial charge on any atom is -0.506 e. The number of carboxylic acids is 1. The Morgan fingerprint density at radius 3 is 2.54 bits per heavy atom. The van der Waals surface area contributed by atoms with Crippen LogP contribution in [0.1, 0.15) is 17.6 Å². The molecule has 1 unspecified atom stereocenters. The van der Waals surface area contributed by atoms with Gasteiger partial charge in [-0.1, -0.05) is 35.9 Å². The zero-order chi connectivity index (χ0) is 45.2. The number of benzene rings is 4. The van der Waals surface area contributed by atoms with Crippen LogP contribution in [0.5, 0.6) is 34.6 Å². The highest BCUT2D eigenvalue weighted by Crippen LogP contribution is 2.52. The first-order valence-corrected chi connectivity index (χ1v) is 21.3. The molecule has 0 saturated carbocycles. The van der Waals surface area contributed by atoms with Gasteiger partial charge < -0.3 is 39.3 Å². The number of hydrogen-bond donors (Lipinski definition) is 4. The lowest BCUT2D eigenvalue weighted by Gasteiger charge is -2.33. The van der Waals surface area contributed by atoms with Crippen molar-refractivity contribution in [3.63, 3.8) is 0 Å². The lowest BCUT2D eigenvalue weighted by atomic mass is 9.98. The van der Waals surface area contributed by atoms with Crippen LogP contribution < -0.4 is 23.8 Å². The lowest BCUT2D eigenvalue weighted by molar-refractivity contribution is -0.145. The smallest absolute Gasteiger partial charge is 0.345 e. The molecular formula is C45H37ClF2N6O10S. The number of halogens is 3. The number of alkyl halides is 1. The Hall–Kier alpha value is -6.74. The van der Waals surface area contributed by atoms with Crippen molar-refractivity contribution in [3.8, 4) is 67.6 Å². The van der Waals surface area contributed by atoms with Crippen molar-refractivity contribution in [2.75, 3.05) is 39.3 Å². The SMILES string of the molecule is O=C(O)[C@H]1Cc2cc(ccc2OC(F)c2ccnc(-c3ccccc3OO)n2)OC[C@@H](CN2CCN(O)CC2)Oc2ccc(c(O)c2Cl)-c2c(-c3ccc(F)cc3)sc3ncnc(c23)O1. The normalized spacial score (nSPS) is 17.4. The molecule has 16 nitrogen and oxygen atoms in total. The molecule has 4 aromatic carbocycles. The number of thiophene rings is 1. The quantitative estimate of drug-likeness (QED) is 0.0798. The highest BCUT2D eigenvalue weighted by atomic mass is 35.5. The molecular weight excluding hydrogens is 890 g/mol. The average Bonchev–Trinajstić information content (AvgIpc) is 3.71. The molecule has 334 valence electrons. The predicted molar refractivity (Wildman–Crippen MR) is 232 cm³/mol. The molecule has 3 aliphatic heterocycles. The van der Waals surface area contributed by atoms with Crippen molar-refractivity contribution in [2.24, 2.45) is 0 Å². The second-order valence-electron chi connectivity index (χ2n) is 15.0. The number of para-hydroxylation sites is 1. The number of aromatic nitrogens is 4. The molecule has 0 amide bonds. The molecule has 10 rings (SSSR count). The van der Waals surface area contributed by atoms with Crippen molar-refractivity contribution in [1.29, 1.82) is 0 Å². The van der Waals surface area contributed by atoms with E-state index in [1.165, 1.54) is 71.4 Å². The van der Waals surface area contributed by atoms with E-state index in [-0.39, 0.29) is 79.9 Å². The molecule has 3 atom stereocenters. The van der Waals surface area contributed by atoms with Crippen molar-refractivity contribution >= 4 is 39.1 Å². The van der Waals surface area contributed by atoms with Gasteiger partial charge in [0.15, 0.2) is 11.6 Å². The average molecular weight is 927 g/mol.